The fourth-order valence-corrected chi connectivity index (χ4v) is 4.50. The third-order valence-electron chi connectivity index (χ3n) is 4.79. The van der Waals surface area contributed by atoms with Gasteiger partial charge in [0.25, 0.3) is 11.8 Å². The summed E-state index contributed by atoms with van der Waals surface area (Å²) in [5.41, 5.74) is 7.61. The molecule has 0 bridgehead atoms. The van der Waals surface area contributed by atoms with Gasteiger partial charge in [-0.3, -0.25) is 20.4 Å². The molecule has 0 radical (unpaired) electrons. The number of pyridine rings is 1. The number of fused-ring (bicyclic) bond motifs is 1. The molecular formula is C20H22BrN5O2S. The van der Waals surface area contributed by atoms with Gasteiger partial charge in [-0.1, -0.05) is 0 Å². The second-order valence-electron chi connectivity index (χ2n) is 8.25. The van der Waals surface area contributed by atoms with Crippen LogP contribution >= 0.6 is 27.3 Å². The standard InChI is InChI=1S/C20H22BrN5O2S/c1-10-16-12(18(27)23-24-19(28)14-7-8-15(21)29-14)9-13(11-5-6-11)22-17(16)26(25-10)20(2,3)4/h7-9,11H,5-6H2,1-4H3,(H,23,27)(H,24,28). The zero-order valence-electron chi connectivity index (χ0n) is 16.7. The Labute approximate surface area is 181 Å². The first-order valence-electron chi connectivity index (χ1n) is 9.42. The van der Waals surface area contributed by atoms with Gasteiger partial charge in [0.05, 0.1) is 30.8 Å². The molecule has 2 N–H and O–H groups in total. The zero-order chi connectivity index (χ0) is 20.9. The number of aryl methyl sites for hydroxylation is 1. The van der Waals surface area contributed by atoms with E-state index in [0.717, 1.165) is 33.4 Å². The number of thiophene rings is 1. The van der Waals surface area contributed by atoms with Crippen molar-refractivity contribution in [3.05, 3.63) is 43.8 Å². The summed E-state index contributed by atoms with van der Waals surface area (Å²) in [7, 11) is 0. The van der Waals surface area contributed by atoms with E-state index in [9.17, 15) is 9.59 Å². The predicted molar refractivity (Wildman–Crippen MR) is 116 cm³/mol. The number of carbonyl (C=O) groups is 2. The molecule has 3 aromatic heterocycles. The summed E-state index contributed by atoms with van der Waals surface area (Å²) < 4.78 is 2.73. The van der Waals surface area contributed by atoms with Crippen LogP contribution in [0, 0.1) is 6.92 Å². The molecule has 4 rings (SSSR count). The first kappa shape index (κ1) is 20.0. The number of hydrogen-bond acceptors (Lipinski definition) is 5. The minimum absolute atomic E-state index is 0.268. The highest BCUT2D eigenvalue weighted by molar-refractivity contribution is 9.11. The van der Waals surface area contributed by atoms with Crippen LogP contribution in [0.4, 0.5) is 0 Å². The Bertz CT molecular complexity index is 1120. The van der Waals surface area contributed by atoms with Gasteiger partial charge in [0, 0.05) is 11.6 Å². The van der Waals surface area contributed by atoms with Crippen molar-refractivity contribution >= 4 is 50.1 Å². The lowest BCUT2D eigenvalue weighted by Gasteiger charge is -2.20. The van der Waals surface area contributed by atoms with E-state index in [4.69, 9.17) is 4.98 Å². The van der Waals surface area contributed by atoms with Crippen molar-refractivity contribution < 1.29 is 9.59 Å². The third kappa shape index (κ3) is 3.93. The van der Waals surface area contributed by atoms with Crippen LogP contribution in [-0.4, -0.2) is 26.6 Å². The molecule has 7 nitrogen and oxygen atoms in total. The molecule has 3 aromatic rings. The number of nitrogens with zero attached hydrogens (tertiary/aromatic N) is 3. The fourth-order valence-electron chi connectivity index (χ4n) is 3.22. The van der Waals surface area contributed by atoms with Crippen LogP contribution in [0.15, 0.2) is 22.0 Å². The molecule has 3 heterocycles. The number of carbonyl (C=O) groups excluding carboxylic acids is 2. The number of amides is 2. The lowest BCUT2D eigenvalue weighted by Crippen LogP contribution is -2.41. The first-order chi connectivity index (χ1) is 13.6. The SMILES string of the molecule is Cc1nn(C(C)(C)C)c2nc(C3CC3)cc(C(=O)NNC(=O)c3ccc(Br)s3)c12. The molecule has 0 aliphatic heterocycles. The molecule has 0 atom stereocenters. The topological polar surface area (TPSA) is 88.9 Å². The summed E-state index contributed by atoms with van der Waals surface area (Å²) in [6, 6.07) is 5.33. The largest absolute Gasteiger partial charge is 0.279 e. The molecule has 0 spiro atoms. The lowest BCUT2D eigenvalue weighted by atomic mass is 10.1. The number of aromatic nitrogens is 3. The maximum atomic E-state index is 13.0. The van der Waals surface area contributed by atoms with Gasteiger partial charge in [-0.05, 0) is 74.7 Å². The van der Waals surface area contributed by atoms with Crippen molar-refractivity contribution in [2.45, 2.75) is 52.0 Å². The molecule has 0 aromatic carbocycles. The summed E-state index contributed by atoms with van der Waals surface area (Å²) in [6.07, 6.45) is 2.15. The molecule has 1 aliphatic rings. The highest BCUT2D eigenvalue weighted by Gasteiger charge is 2.30. The van der Waals surface area contributed by atoms with E-state index >= 15 is 0 Å². The van der Waals surface area contributed by atoms with Gasteiger partial charge in [0.1, 0.15) is 0 Å². The predicted octanol–water partition coefficient (Wildman–Crippen LogP) is 4.27. The molecule has 0 saturated heterocycles. The monoisotopic (exact) mass is 475 g/mol. The van der Waals surface area contributed by atoms with E-state index in [1.807, 2.05) is 17.7 Å². The Hall–Kier alpha value is -2.26. The van der Waals surface area contributed by atoms with Crippen LogP contribution < -0.4 is 10.9 Å². The van der Waals surface area contributed by atoms with Crippen molar-refractivity contribution in [1.29, 1.82) is 0 Å². The highest BCUT2D eigenvalue weighted by atomic mass is 79.9. The molecule has 1 aliphatic carbocycles. The molecular weight excluding hydrogens is 454 g/mol. The van der Waals surface area contributed by atoms with E-state index < -0.39 is 0 Å². The Morgan fingerprint density at radius 3 is 2.48 bits per heavy atom. The van der Waals surface area contributed by atoms with E-state index in [1.165, 1.54) is 11.3 Å². The lowest BCUT2D eigenvalue weighted by molar-refractivity contribution is 0.0849. The second kappa shape index (κ2) is 7.21. The maximum absolute atomic E-state index is 13.0. The highest BCUT2D eigenvalue weighted by Crippen LogP contribution is 2.41. The van der Waals surface area contributed by atoms with Crippen LogP contribution in [-0.2, 0) is 5.54 Å². The maximum Gasteiger partial charge on any atom is 0.279 e. The van der Waals surface area contributed by atoms with Gasteiger partial charge in [0.2, 0.25) is 0 Å². The van der Waals surface area contributed by atoms with Crippen LogP contribution in [0.25, 0.3) is 11.0 Å². The molecule has 2 amide bonds. The summed E-state index contributed by atoms with van der Waals surface area (Å²) >= 11 is 4.63. The number of hydrazine groups is 1. The average molecular weight is 476 g/mol. The van der Waals surface area contributed by atoms with E-state index in [0.29, 0.717) is 22.0 Å². The van der Waals surface area contributed by atoms with Crippen molar-refractivity contribution in [3.63, 3.8) is 0 Å². The van der Waals surface area contributed by atoms with Gasteiger partial charge in [-0.2, -0.15) is 5.10 Å². The first-order valence-corrected chi connectivity index (χ1v) is 11.0. The summed E-state index contributed by atoms with van der Waals surface area (Å²) in [4.78, 5) is 30.6. The third-order valence-corrected chi connectivity index (χ3v) is 6.42. The number of halogens is 1. The van der Waals surface area contributed by atoms with E-state index in [2.05, 4.69) is 52.7 Å². The molecule has 1 fully saturated rings. The molecule has 29 heavy (non-hydrogen) atoms. The van der Waals surface area contributed by atoms with Crippen LogP contribution in [0.2, 0.25) is 0 Å². The average Bonchev–Trinajstić information content (AvgIpc) is 3.33. The van der Waals surface area contributed by atoms with Crippen LogP contribution in [0.1, 0.15) is 70.9 Å². The van der Waals surface area contributed by atoms with Gasteiger partial charge >= 0.3 is 0 Å². The fraction of sp³-hybridized carbons (Fsp3) is 0.400. The molecule has 1 saturated carbocycles. The van der Waals surface area contributed by atoms with E-state index in [1.54, 1.807) is 12.1 Å². The number of nitrogens with one attached hydrogen (secondary N) is 2. The quantitative estimate of drug-likeness (QED) is 0.553. The second-order valence-corrected chi connectivity index (χ2v) is 10.7. The Morgan fingerprint density at radius 2 is 1.90 bits per heavy atom. The Balaban J connectivity index is 1.69. The molecule has 152 valence electrons. The smallest absolute Gasteiger partial charge is 0.267 e. The van der Waals surface area contributed by atoms with Crippen molar-refractivity contribution in [3.8, 4) is 0 Å². The minimum atomic E-state index is -0.375. The van der Waals surface area contributed by atoms with Crippen molar-refractivity contribution in [1.82, 2.24) is 25.6 Å². The minimum Gasteiger partial charge on any atom is -0.267 e. The van der Waals surface area contributed by atoms with Gasteiger partial charge in [-0.25, -0.2) is 9.67 Å². The van der Waals surface area contributed by atoms with Crippen LogP contribution in [0.5, 0.6) is 0 Å². The Morgan fingerprint density at radius 1 is 1.21 bits per heavy atom. The van der Waals surface area contributed by atoms with Crippen molar-refractivity contribution in [2.24, 2.45) is 0 Å². The van der Waals surface area contributed by atoms with Gasteiger partial charge in [0.15, 0.2) is 5.65 Å². The van der Waals surface area contributed by atoms with Gasteiger partial charge in [-0.15, -0.1) is 11.3 Å². The normalized spacial score (nSPS) is 14.2. The zero-order valence-corrected chi connectivity index (χ0v) is 19.1. The number of hydrogen-bond donors (Lipinski definition) is 2. The summed E-state index contributed by atoms with van der Waals surface area (Å²) in [6.45, 7) is 8.05. The molecule has 9 heteroatoms. The number of rotatable bonds is 3. The van der Waals surface area contributed by atoms with Gasteiger partial charge < -0.3 is 0 Å². The Kier molecular flexibility index (Phi) is 4.98. The summed E-state index contributed by atoms with van der Waals surface area (Å²) in [5.74, 6) is -0.351. The van der Waals surface area contributed by atoms with Crippen LogP contribution in [0.3, 0.4) is 0 Å². The molecule has 0 unspecified atom stereocenters. The van der Waals surface area contributed by atoms with Crippen molar-refractivity contribution in [2.75, 3.05) is 0 Å². The van der Waals surface area contributed by atoms with E-state index in [-0.39, 0.29) is 17.4 Å². The summed E-state index contributed by atoms with van der Waals surface area (Å²) in [5, 5.41) is 5.37.